The fraction of sp³-hybridized carbons (Fsp3) is 0.360. The van der Waals surface area contributed by atoms with Gasteiger partial charge in [-0.25, -0.2) is 9.37 Å². The fourth-order valence-corrected chi connectivity index (χ4v) is 4.79. The number of aromatic nitrogens is 3. The molecule has 1 aliphatic rings. The van der Waals surface area contributed by atoms with E-state index in [2.05, 4.69) is 20.5 Å². The van der Waals surface area contributed by atoms with Crippen LogP contribution in [0.2, 0.25) is 0 Å². The monoisotopic (exact) mass is 503 g/mol. The first-order valence-electron chi connectivity index (χ1n) is 11.7. The minimum absolute atomic E-state index is 0.0191. The van der Waals surface area contributed by atoms with Gasteiger partial charge in [-0.05, 0) is 45.0 Å². The smallest absolute Gasteiger partial charge is 0.416 e. The number of rotatable bonds is 6. The summed E-state index contributed by atoms with van der Waals surface area (Å²) in [7, 11) is 0. The molecule has 36 heavy (non-hydrogen) atoms. The first-order valence-corrected chi connectivity index (χ1v) is 11.7. The second-order valence-corrected chi connectivity index (χ2v) is 8.97. The molecule has 1 aromatic carbocycles. The summed E-state index contributed by atoms with van der Waals surface area (Å²) >= 11 is 0. The molecule has 0 spiro atoms. The van der Waals surface area contributed by atoms with Crippen LogP contribution in [0.4, 0.5) is 23.4 Å². The van der Waals surface area contributed by atoms with E-state index in [1.807, 2.05) is 0 Å². The van der Waals surface area contributed by atoms with Gasteiger partial charge in [-0.1, -0.05) is 6.07 Å². The number of nitrogens with zero attached hydrogens (tertiary/aromatic N) is 2. The zero-order valence-electron chi connectivity index (χ0n) is 19.5. The normalized spacial score (nSPS) is 15.9. The molecular formula is C25H25F4N5O2. The molecule has 11 heteroatoms. The third-order valence-electron chi connectivity index (χ3n) is 6.52. The van der Waals surface area contributed by atoms with E-state index in [9.17, 15) is 17.6 Å². The van der Waals surface area contributed by atoms with E-state index in [4.69, 9.17) is 14.9 Å². The molecule has 4 aromatic rings. The molecule has 1 aliphatic heterocycles. The van der Waals surface area contributed by atoms with Gasteiger partial charge >= 0.3 is 6.18 Å². The number of hydrogen-bond donors (Lipinski definition) is 3. The van der Waals surface area contributed by atoms with E-state index in [1.54, 1.807) is 25.6 Å². The highest BCUT2D eigenvalue weighted by atomic mass is 19.4. The highest BCUT2D eigenvalue weighted by Crippen LogP contribution is 2.41. The number of nitrogen functional groups attached to an aromatic ring is 1. The standard InChI is InChI=1S/C25H25F4N5O2/c1-13(9-15-19(25(27,28)29)3-2-4-20(15)26)36-23-22-17(10-32-24(23)30)18(12-35-22)16-11-33-34-21(16)14-5-7-31-8-6-14/h2-4,10-14,31H,5-9H2,1H3,(H2,30,32)(H,33,34). The Bertz CT molecular complexity index is 1370. The Hall–Kier alpha value is -3.60. The number of fused-ring (bicyclic) bond motifs is 1. The number of ether oxygens (including phenoxy) is 1. The molecule has 1 unspecified atom stereocenters. The van der Waals surface area contributed by atoms with Gasteiger partial charge in [0.05, 0.1) is 16.6 Å². The van der Waals surface area contributed by atoms with Gasteiger partial charge in [0.25, 0.3) is 0 Å². The second-order valence-electron chi connectivity index (χ2n) is 8.97. The average Bonchev–Trinajstić information content (AvgIpc) is 3.49. The fourth-order valence-electron chi connectivity index (χ4n) is 4.79. The molecule has 1 saturated heterocycles. The third-order valence-corrected chi connectivity index (χ3v) is 6.52. The van der Waals surface area contributed by atoms with E-state index in [0.29, 0.717) is 16.9 Å². The molecule has 1 atom stereocenters. The van der Waals surface area contributed by atoms with E-state index in [0.717, 1.165) is 61.0 Å². The SMILES string of the molecule is CC(Cc1c(F)cccc1C(F)(F)F)Oc1c(N)ncc2c(-c3c[nH]nc3C3CCNCC3)coc12. The summed E-state index contributed by atoms with van der Waals surface area (Å²) in [5.41, 5.74) is 7.44. The van der Waals surface area contributed by atoms with Gasteiger partial charge < -0.3 is 20.2 Å². The van der Waals surface area contributed by atoms with Crippen molar-refractivity contribution < 1.29 is 26.7 Å². The number of nitrogens with one attached hydrogen (secondary N) is 2. The van der Waals surface area contributed by atoms with E-state index in [1.165, 1.54) is 0 Å². The van der Waals surface area contributed by atoms with E-state index in [-0.39, 0.29) is 18.0 Å². The lowest BCUT2D eigenvalue weighted by atomic mass is 9.90. The van der Waals surface area contributed by atoms with Crippen molar-refractivity contribution in [3.8, 4) is 16.9 Å². The minimum atomic E-state index is -4.69. The summed E-state index contributed by atoms with van der Waals surface area (Å²) in [4.78, 5) is 4.22. The molecule has 0 amide bonds. The number of aromatic amines is 1. The average molecular weight is 504 g/mol. The summed E-state index contributed by atoms with van der Waals surface area (Å²) in [6.07, 6.45) is 0.984. The lowest BCUT2D eigenvalue weighted by molar-refractivity contribution is -0.138. The summed E-state index contributed by atoms with van der Waals surface area (Å²) in [5, 5.41) is 11.4. The molecule has 5 rings (SSSR count). The molecule has 0 aliphatic carbocycles. The second kappa shape index (κ2) is 9.45. The van der Waals surface area contributed by atoms with Crippen molar-refractivity contribution in [1.82, 2.24) is 20.5 Å². The van der Waals surface area contributed by atoms with Gasteiger partial charge in [-0.2, -0.15) is 18.3 Å². The maximum absolute atomic E-state index is 14.3. The Kier molecular flexibility index (Phi) is 6.33. The molecule has 1 fully saturated rings. The Morgan fingerprint density at radius 2 is 2.00 bits per heavy atom. The minimum Gasteiger partial charge on any atom is -0.483 e. The summed E-state index contributed by atoms with van der Waals surface area (Å²) < 4.78 is 66.3. The molecule has 4 heterocycles. The number of pyridine rings is 1. The van der Waals surface area contributed by atoms with Gasteiger partial charge in [0.1, 0.15) is 18.2 Å². The predicted molar refractivity (Wildman–Crippen MR) is 126 cm³/mol. The molecule has 3 aromatic heterocycles. The van der Waals surface area contributed by atoms with Crippen LogP contribution in [0.5, 0.6) is 5.75 Å². The molecule has 7 nitrogen and oxygen atoms in total. The van der Waals surface area contributed by atoms with Gasteiger partial charge in [0, 0.05) is 41.4 Å². The molecule has 4 N–H and O–H groups in total. The largest absolute Gasteiger partial charge is 0.483 e. The number of halogens is 4. The van der Waals surface area contributed by atoms with Crippen molar-refractivity contribution in [2.75, 3.05) is 18.8 Å². The van der Waals surface area contributed by atoms with Crippen molar-refractivity contribution >= 4 is 16.8 Å². The van der Waals surface area contributed by atoms with Crippen LogP contribution in [0, 0.1) is 5.82 Å². The topological polar surface area (TPSA) is 102 Å². The Morgan fingerprint density at radius 3 is 2.75 bits per heavy atom. The highest BCUT2D eigenvalue weighted by Gasteiger charge is 2.35. The number of anilines is 1. The van der Waals surface area contributed by atoms with Gasteiger partial charge in [0.15, 0.2) is 11.4 Å². The number of furan rings is 1. The number of piperidine rings is 1. The first kappa shape index (κ1) is 24.1. The van der Waals surface area contributed by atoms with E-state index >= 15 is 0 Å². The zero-order valence-corrected chi connectivity index (χ0v) is 19.5. The van der Waals surface area contributed by atoms with Crippen LogP contribution in [0.3, 0.4) is 0 Å². The molecule has 0 radical (unpaired) electrons. The summed E-state index contributed by atoms with van der Waals surface area (Å²) in [5.74, 6) is -0.539. The molecule has 0 saturated carbocycles. The molecule has 190 valence electrons. The van der Waals surface area contributed by atoms with Gasteiger partial charge in [-0.15, -0.1) is 0 Å². The van der Waals surface area contributed by atoms with Crippen LogP contribution >= 0.6 is 0 Å². The van der Waals surface area contributed by atoms with Crippen molar-refractivity contribution in [3.63, 3.8) is 0 Å². The number of H-pyrrole nitrogens is 1. The van der Waals surface area contributed by atoms with Crippen molar-refractivity contribution in [3.05, 3.63) is 59.5 Å². The lowest BCUT2D eigenvalue weighted by Gasteiger charge is -2.21. The summed E-state index contributed by atoms with van der Waals surface area (Å²) in [6, 6.07) is 2.89. The van der Waals surface area contributed by atoms with E-state index < -0.39 is 29.2 Å². The lowest BCUT2D eigenvalue weighted by Crippen LogP contribution is -2.27. The molecule has 0 bridgehead atoms. The number of hydrogen-bond acceptors (Lipinski definition) is 6. The molecular weight excluding hydrogens is 478 g/mol. The van der Waals surface area contributed by atoms with Crippen LogP contribution < -0.4 is 15.8 Å². The van der Waals surface area contributed by atoms with Gasteiger partial charge in [0.2, 0.25) is 5.75 Å². The quantitative estimate of drug-likeness (QED) is 0.303. The third kappa shape index (κ3) is 4.50. The van der Waals surface area contributed by atoms with Crippen LogP contribution in [-0.2, 0) is 12.6 Å². The maximum atomic E-state index is 14.3. The Balaban J connectivity index is 1.46. The predicted octanol–water partition coefficient (Wildman–Crippen LogP) is 5.44. The number of nitrogens with two attached hydrogens (primary N) is 1. The van der Waals surface area contributed by atoms with Crippen molar-refractivity contribution in [1.29, 1.82) is 0 Å². The van der Waals surface area contributed by atoms with Gasteiger partial charge in [-0.3, -0.25) is 5.10 Å². The first-order chi connectivity index (χ1) is 17.2. The van der Waals surface area contributed by atoms with Crippen LogP contribution in [0.25, 0.3) is 22.1 Å². The Morgan fingerprint density at radius 1 is 1.22 bits per heavy atom. The number of benzene rings is 1. The zero-order chi connectivity index (χ0) is 25.4. The Labute approximate surface area is 204 Å². The number of alkyl halides is 3. The van der Waals surface area contributed by atoms with Crippen LogP contribution in [0.1, 0.15) is 42.5 Å². The highest BCUT2D eigenvalue weighted by molar-refractivity contribution is 5.98. The van der Waals surface area contributed by atoms with Crippen molar-refractivity contribution in [2.45, 2.75) is 44.4 Å². The van der Waals surface area contributed by atoms with Crippen LogP contribution in [0.15, 0.2) is 41.3 Å². The van der Waals surface area contributed by atoms with Crippen molar-refractivity contribution in [2.24, 2.45) is 0 Å². The summed E-state index contributed by atoms with van der Waals surface area (Å²) in [6.45, 7) is 3.37. The van der Waals surface area contributed by atoms with Crippen LogP contribution in [-0.4, -0.2) is 34.4 Å². The maximum Gasteiger partial charge on any atom is 0.416 e.